The van der Waals surface area contributed by atoms with Gasteiger partial charge in [-0.05, 0) is 31.5 Å². The van der Waals surface area contributed by atoms with E-state index in [1.165, 1.54) is 5.56 Å². The number of ether oxygens (including phenoxy) is 1. The van der Waals surface area contributed by atoms with Gasteiger partial charge in [0.2, 0.25) is 0 Å². The summed E-state index contributed by atoms with van der Waals surface area (Å²) in [7, 11) is 1.79. The van der Waals surface area contributed by atoms with Crippen LogP contribution in [0.25, 0.3) is 0 Å². The lowest BCUT2D eigenvalue weighted by molar-refractivity contribution is 0.0170. The van der Waals surface area contributed by atoms with Gasteiger partial charge in [-0.3, -0.25) is 9.89 Å². The first-order valence-electron chi connectivity index (χ1n) is 8.14. The van der Waals surface area contributed by atoms with Crippen molar-refractivity contribution in [2.75, 3.05) is 39.9 Å². The molecule has 5 nitrogen and oxygen atoms in total. The number of aliphatic imine (C=N–C) groups is 1. The van der Waals surface area contributed by atoms with Crippen LogP contribution in [-0.2, 0) is 4.74 Å². The van der Waals surface area contributed by atoms with Gasteiger partial charge < -0.3 is 15.4 Å². The summed E-state index contributed by atoms with van der Waals surface area (Å²) in [4.78, 5) is 6.72. The van der Waals surface area contributed by atoms with Crippen LogP contribution in [0.15, 0.2) is 29.3 Å². The number of halogens is 1. The molecule has 128 valence electrons. The number of nitrogens with zero attached hydrogens (tertiary/aromatic N) is 2. The molecule has 2 rings (SSSR count). The van der Waals surface area contributed by atoms with Crippen LogP contribution in [0.5, 0.6) is 0 Å². The zero-order chi connectivity index (χ0) is 16.7. The Labute approximate surface area is 144 Å². The maximum absolute atomic E-state index is 6.19. The number of guanidine groups is 1. The summed E-state index contributed by atoms with van der Waals surface area (Å²) in [5, 5.41) is 7.52. The topological polar surface area (TPSA) is 48.9 Å². The fourth-order valence-corrected chi connectivity index (χ4v) is 2.92. The Morgan fingerprint density at radius 1 is 1.35 bits per heavy atom. The molecule has 0 saturated carbocycles. The van der Waals surface area contributed by atoms with Gasteiger partial charge in [-0.15, -0.1) is 0 Å². The second kappa shape index (κ2) is 9.11. The first-order valence-corrected chi connectivity index (χ1v) is 8.52. The SMILES string of the molecule is CN=C(NCC(c1cccc(Cl)c1)N1CCOCC1)NC(C)C. The smallest absolute Gasteiger partial charge is 0.191 e. The number of rotatable bonds is 5. The van der Waals surface area contributed by atoms with Crippen LogP contribution in [-0.4, -0.2) is 56.8 Å². The highest BCUT2D eigenvalue weighted by molar-refractivity contribution is 6.30. The molecule has 6 heteroatoms. The highest BCUT2D eigenvalue weighted by Gasteiger charge is 2.23. The molecule has 0 aliphatic carbocycles. The largest absolute Gasteiger partial charge is 0.379 e. The van der Waals surface area contributed by atoms with Gasteiger partial charge in [0.15, 0.2) is 5.96 Å². The Balaban J connectivity index is 2.10. The number of morpholine rings is 1. The van der Waals surface area contributed by atoms with Gasteiger partial charge >= 0.3 is 0 Å². The lowest BCUT2D eigenvalue weighted by Gasteiger charge is -2.35. The third-order valence-electron chi connectivity index (χ3n) is 3.83. The Morgan fingerprint density at radius 2 is 2.09 bits per heavy atom. The Bertz CT molecular complexity index is 515. The molecule has 2 N–H and O–H groups in total. The average molecular weight is 339 g/mol. The maximum Gasteiger partial charge on any atom is 0.191 e. The highest BCUT2D eigenvalue weighted by Crippen LogP contribution is 2.23. The molecule has 1 aromatic rings. The van der Waals surface area contributed by atoms with Crippen LogP contribution >= 0.6 is 11.6 Å². The molecular formula is C17H27ClN4O. The van der Waals surface area contributed by atoms with Crippen molar-refractivity contribution in [1.29, 1.82) is 0 Å². The summed E-state index contributed by atoms with van der Waals surface area (Å²) < 4.78 is 5.48. The molecule has 1 atom stereocenters. The van der Waals surface area contributed by atoms with Gasteiger partial charge in [0.05, 0.1) is 19.3 Å². The van der Waals surface area contributed by atoms with E-state index in [-0.39, 0.29) is 6.04 Å². The van der Waals surface area contributed by atoms with E-state index >= 15 is 0 Å². The van der Waals surface area contributed by atoms with E-state index in [2.05, 4.69) is 40.4 Å². The summed E-state index contributed by atoms with van der Waals surface area (Å²) in [5.41, 5.74) is 1.21. The number of hydrogen-bond donors (Lipinski definition) is 2. The summed E-state index contributed by atoms with van der Waals surface area (Å²) in [6.45, 7) is 8.37. The van der Waals surface area contributed by atoms with Crippen molar-refractivity contribution in [1.82, 2.24) is 15.5 Å². The lowest BCUT2D eigenvalue weighted by atomic mass is 10.0. The van der Waals surface area contributed by atoms with Gasteiger partial charge in [-0.25, -0.2) is 0 Å². The van der Waals surface area contributed by atoms with Gasteiger partial charge in [0, 0.05) is 37.7 Å². The van der Waals surface area contributed by atoms with Crippen molar-refractivity contribution in [3.05, 3.63) is 34.9 Å². The summed E-state index contributed by atoms with van der Waals surface area (Å²) in [5.74, 6) is 0.820. The zero-order valence-corrected chi connectivity index (χ0v) is 14.9. The van der Waals surface area contributed by atoms with Crippen molar-refractivity contribution < 1.29 is 4.74 Å². The molecule has 1 aliphatic heterocycles. The quantitative estimate of drug-likeness (QED) is 0.639. The number of benzene rings is 1. The van der Waals surface area contributed by atoms with Crippen LogP contribution in [0.2, 0.25) is 5.02 Å². The molecule has 1 aromatic carbocycles. The molecule has 1 fully saturated rings. The van der Waals surface area contributed by atoms with E-state index in [0.29, 0.717) is 6.04 Å². The van der Waals surface area contributed by atoms with Crippen LogP contribution in [0.3, 0.4) is 0 Å². The van der Waals surface area contributed by atoms with E-state index in [4.69, 9.17) is 16.3 Å². The van der Waals surface area contributed by atoms with E-state index < -0.39 is 0 Å². The molecule has 0 aromatic heterocycles. The van der Waals surface area contributed by atoms with Crippen molar-refractivity contribution in [3.63, 3.8) is 0 Å². The lowest BCUT2D eigenvalue weighted by Crippen LogP contribution is -2.47. The first-order chi connectivity index (χ1) is 11.1. The van der Waals surface area contributed by atoms with Crippen molar-refractivity contribution in [2.24, 2.45) is 4.99 Å². The van der Waals surface area contributed by atoms with E-state index in [1.54, 1.807) is 7.05 Å². The number of hydrogen-bond acceptors (Lipinski definition) is 3. The van der Waals surface area contributed by atoms with Crippen LogP contribution in [0.4, 0.5) is 0 Å². The predicted molar refractivity (Wildman–Crippen MR) is 96.2 cm³/mol. The first kappa shape index (κ1) is 18.0. The number of nitrogens with one attached hydrogen (secondary N) is 2. The van der Waals surface area contributed by atoms with Crippen molar-refractivity contribution in [2.45, 2.75) is 25.9 Å². The Morgan fingerprint density at radius 3 is 2.70 bits per heavy atom. The molecule has 1 aliphatic rings. The van der Waals surface area contributed by atoms with Crippen LogP contribution in [0.1, 0.15) is 25.5 Å². The van der Waals surface area contributed by atoms with E-state index in [9.17, 15) is 0 Å². The Hall–Kier alpha value is -1.30. The molecule has 0 bridgehead atoms. The normalized spacial score (nSPS) is 18.0. The van der Waals surface area contributed by atoms with Gasteiger partial charge in [0.1, 0.15) is 0 Å². The van der Waals surface area contributed by atoms with E-state index in [0.717, 1.165) is 43.8 Å². The fourth-order valence-electron chi connectivity index (χ4n) is 2.72. The Kier molecular flexibility index (Phi) is 7.15. The van der Waals surface area contributed by atoms with Crippen LogP contribution in [0, 0.1) is 0 Å². The second-order valence-electron chi connectivity index (χ2n) is 5.97. The molecule has 1 heterocycles. The molecule has 1 unspecified atom stereocenters. The molecular weight excluding hydrogens is 312 g/mol. The van der Waals surface area contributed by atoms with Gasteiger partial charge in [0.25, 0.3) is 0 Å². The third kappa shape index (κ3) is 5.68. The molecule has 0 amide bonds. The third-order valence-corrected chi connectivity index (χ3v) is 4.07. The molecule has 0 radical (unpaired) electrons. The summed E-state index contributed by atoms with van der Waals surface area (Å²) in [6.07, 6.45) is 0. The maximum atomic E-state index is 6.19. The van der Waals surface area contributed by atoms with Gasteiger partial charge in [-0.2, -0.15) is 0 Å². The minimum atomic E-state index is 0.239. The monoisotopic (exact) mass is 338 g/mol. The van der Waals surface area contributed by atoms with Crippen molar-refractivity contribution >= 4 is 17.6 Å². The van der Waals surface area contributed by atoms with Crippen LogP contribution < -0.4 is 10.6 Å². The molecule has 1 saturated heterocycles. The predicted octanol–water partition coefficient (Wildman–Crippen LogP) is 2.29. The van der Waals surface area contributed by atoms with Crippen molar-refractivity contribution in [3.8, 4) is 0 Å². The van der Waals surface area contributed by atoms with E-state index in [1.807, 2.05) is 18.2 Å². The second-order valence-corrected chi connectivity index (χ2v) is 6.41. The zero-order valence-electron chi connectivity index (χ0n) is 14.2. The minimum Gasteiger partial charge on any atom is -0.379 e. The summed E-state index contributed by atoms with van der Waals surface area (Å²) in [6, 6.07) is 8.67. The summed E-state index contributed by atoms with van der Waals surface area (Å²) >= 11 is 6.19. The average Bonchev–Trinajstić information content (AvgIpc) is 2.54. The standard InChI is InChI=1S/C17H27ClN4O/c1-13(2)21-17(19-3)20-12-16(22-7-9-23-10-8-22)14-5-4-6-15(18)11-14/h4-6,11,13,16H,7-10,12H2,1-3H3,(H2,19,20,21). The molecule has 23 heavy (non-hydrogen) atoms. The molecule has 0 spiro atoms. The minimum absolute atomic E-state index is 0.239. The fraction of sp³-hybridized carbons (Fsp3) is 0.588. The van der Waals surface area contributed by atoms with Gasteiger partial charge in [-0.1, -0.05) is 23.7 Å². The highest BCUT2D eigenvalue weighted by atomic mass is 35.5.